The highest BCUT2D eigenvalue weighted by atomic mass is 19.1. The van der Waals surface area contributed by atoms with Crippen molar-refractivity contribution in [1.82, 2.24) is 10.3 Å². The molecule has 2 unspecified atom stereocenters. The zero-order valence-corrected chi connectivity index (χ0v) is 9.85. The molecule has 0 aliphatic heterocycles. The van der Waals surface area contributed by atoms with Crippen LogP contribution in [-0.2, 0) is 0 Å². The lowest BCUT2D eigenvalue weighted by atomic mass is 10.0. The molecule has 96 valence electrons. The van der Waals surface area contributed by atoms with Gasteiger partial charge in [-0.2, -0.15) is 0 Å². The van der Waals surface area contributed by atoms with Gasteiger partial charge in [0, 0.05) is 5.56 Å². The number of aliphatic hydroxyl groups excluding tert-OH is 2. The molecule has 1 aromatic heterocycles. The predicted octanol–water partition coefficient (Wildman–Crippen LogP) is 0.233. The number of aromatic nitrogens is 1. The first-order valence-corrected chi connectivity index (χ1v) is 5.30. The molecular weight excluding hydrogens is 227 g/mol. The zero-order chi connectivity index (χ0) is 12.8. The Balaban J connectivity index is 2.86. The number of pyridine rings is 1. The van der Waals surface area contributed by atoms with Crippen molar-refractivity contribution in [3.8, 4) is 5.88 Å². The Morgan fingerprint density at radius 1 is 1.53 bits per heavy atom. The second-order valence-electron chi connectivity index (χ2n) is 3.66. The lowest BCUT2D eigenvalue weighted by Crippen LogP contribution is -2.24. The summed E-state index contributed by atoms with van der Waals surface area (Å²) >= 11 is 0. The van der Waals surface area contributed by atoms with Crippen LogP contribution in [0.3, 0.4) is 0 Å². The molecule has 1 rings (SSSR count). The minimum Gasteiger partial charge on any atom is -0.481 e. The first kappa shape index (κ1) is 13.8. The van der Waals surface area contributed by atoms with Gasteiger partial charge in [0.15, 0.2) is 0 Å². The van der Waals surface area contributed by atoms with Gasteiger partial charge in [-0.15, -0.1) is 0 Å². The molecular formula is C11H17FN2O3. The third-order valence-corrected chi connectivity index (χ3v) is 2.41. The highest BCUT2D eigenvalue weighted by Gasteiger charge is 2.22. The van der Waals surface area contributed by atoms with Crippen LogP contribution in [0, 0.1) is 5.82 Å². The van der Waals surface area contributed by atoms with E-state index in [0.29, 0.717) is 13.0 Å². The van der Waals surface area contributed by atoms with Crippen molar-refractivity contribution in [1.29, 1.82) is 0 Å². The van der Waals surface area contributed by atoms with Crippen molar-refractivity contribution in [3.63, 3.8) is 0 Å². The number of hydrogen-bond acceptors (Lipinski definition) is 5. The van der Waals surface area contributed by atoms with E-state index in [-0.39, 0.29) is 11.4 Å². The average molecular weight is 244 g/mol. The van der Waals surface area contributed by atoms with E-state index in [4.69, 9.17) is 4.74 Å². The van der Waals surface area contributed by atoms with Crippen molar-refractivity contribution in [3.05, 3.63) is 23.6 Å². The van der Waals surface area contributed by atoms with E-state index in [1.54, 1.807) is 7.05 Å². The summed E-state index contributed by atoms with van der Waals surface area (Å²) in [5.74, 6) is -0.469. The fourth-order valence-corrected chi connectivity index (χ4v) is 1.48. The molecule has 1 aromatic rings. The molecule has 2 atom stereocenters. The van der Waals surface area contributed by atoms with Crippen molar-refractivity contribution in [2.45, 2.75) is 18.6 Å². The van der Waals surface area contributed by atoms with Crippen molar-refractivity contribution in [2.24, 2.45) is 0 Å². The summed E-state index contributed by atoms with van der Waals surface area (Å²) in [5, 5.41) is 22.5. The molecule has 5 nitrogen and oxygen atoms in total. The Morgan fingerprint density at radius 3 is 2.82 bits per heavy atom. The summed E-state index contributed by atoms with van der Waals surface area (Å²) in [5.41, 5.74) is 0.149. The molecule has 0 aliphatic rings. The molecule has 0 fully saturated rings. The third kappa shape index (κ3) is 3.62. The number of nitrogens with one attached hydrogen (secondary N) is 1. The van der Waals surface area contributed by atoms with E-state index in [1.807, 2.05) is 0 Å². The van der Waals surface area contributed by atoms with E-state index < -0.39 is 18.0 Å². The van der Waals surface area contributed by atoms with Gasteiger partial charge in [-0.05, 0) is 26.1 Å². The maximum absolute atomic E-state index is 13.0. The average Bonchev–Trinajstić information content (AvgIpc) is 2.34. The summed E-state index contributed by atoms with van der Waals surface area (Å²) < 4.78 is 17.9. The van der Waals surface area contributed by atoms with Crippen LogP contribution in [0.25, 0.3) is 0 Å². The zero-order valence-electron chi connectivity index (χ0n) is 9.85. The van der Waals surface area contributed by atoms with Crippen molar-refractivity contribution in [2.75, 3.05) is 20.7 Å². The molecule has 0 saturated carbocycles. The highest BCUT2D eigenvalue weighted by molar-refractivity contribution is 5.29. The van der Waals surface area contributed by atoms with Gasteiger partial charge in [0.2, 0.25) is 5.88 Å². The van der Waals surface area contributed by atoms with Crippen LogP contribution < -0.4 is 10.1 Å². The largest absolute Gasteiger partial charge is 0.481 e. The fraction of sp³-hybridized carbons (Fsp3) is 0.545. The number of nitrogens with zero attached hydrogens (tertiary/aromatic N) is 1. The molecule has 0 amide bonds. The van der Waals surface area contributed by atoms with Crippen molar-refractivity contribution < 1.29 is 19.3 Å². The Kier molecular flexibility index (Phi) is 5.27. The quantitative estimate of drug-likeness (QED) is 0.668. The van der Waals surface area contributed by atoms with E-state index in [1.165, 1.54) is 7.11 Å². The highest BCUT2D eigenvalue weighted by Crippen LogP contribution is 2.26. The molecule has 0 aliphatic carbocycles. The summed E-state index contributed by atoms with van der Waals surface area (Å²) in [6.07, 6.45) is -0.881. The van der Waals surface area contributed by atoms with Gasteiger partial charge in [-0.1, -0.05) is 0 Å². The van der Waals surface area contributed by atoms with Crippen LogP contribution >= 0.6 is 0 Å². The molecule has 0 radical (unpaired) electrons. The van der Waals surface area contributed by atoms with Gasteiger partial charge in [-0.3, -0.25) is 0 Å². The number of ether oxygens (including phenoxy) is 1. The molecule has 6 heteroatoms. The number of halogens is 1. The molecule has 0 saturated heterocycles. The van der Waals surface area contributed by atoms with E-state index in [0.717, 1.165) is 12.3 Å². The number of aliphatic hydroxyl groups is 2. The fourth-order valence-electron chi connectivity index (χ4n) is 1.48. The Labute approximate surface area is 99.3 Å². The second kappa shape index (κ2) is 6.48. The standard InChI is InChI=1S/C11H17FN2O3/c1-13-4-3-9(15)10(16)8-5-7(12)6-14-11(8)17-2/h5-6,9-10,13,15-16H,3-4H2,1-2H3. The second-order valence-corrected chi connectivity index (χ2v) is 3.66. The first-order valence-electron chi connectivity index (χ1n) is 5.30. The molecule has 3 N–H and O–H groups in total. The van der Waals surface area contributed by atoms with E-state index >= 15 is 0 Å². The first-order chi connectivity index (χ1) is 8.10. The summed E-state index contributed by atoms with van der Waals surface area (Å²) in [6, 6.07) is 1.11. The summed E-state index contributed by atoms with van der Waals surface area (Å²) in [6.45, 7) is 0.545. The maximum atomic E-state index is 13.0. The summed E-state index contributed by atoms with van der Waals surface area (Å²) in [7, 11) is 3.11. The number of hydrogen-bond donors (Lipinski definition) is 3. The van der Waals surface area contributed by atoms with Crippen LogP contribution in [0.1, 0.15) is 18.1 Å². The smallest absolute Gasteiger partial charge is 0.219 e. The van der Waals surface area contributed by atoms with Gasteiger partial charge in [0.05, 0.1) is 19.4 Å². The third-order valence-electron chi connectivity index (χ3n) is 2.41. The maximum Gasteiger partial charge on any atom is 0.219 e. The molecule has 1 heterocycles. The van der Waals surface area contributed by atoms with Crippen LogP contribution in [0.15, 0.2) is 12.3 Å². The SMILES string of the molecule is CNCCC(O)C(O)c1cc(F)cnc1OC. The molecule has 0 spiro atoms. The predicted molar refractivity (Wildman–Crippen MR) is 60.3 cm³/mol. The Hall–Kier alpha value is -1.24. The lowest BCUT2D eigenvalue weighted by Gasteiger charge is -2.19. The van der Waals surface area contributed by atoms with Gasteiger partial charge in [-0.25, -0.2) is 9.37 Å². The minimum atomic E-state index is -1.22. The number of methoxy groups -OCH3 is 1. The van der Waals surface area contributed by atoms with Gasteiger partial charge < -0.3 is 20.3 Å². The molecule has 17 heavy (non-hydrogen) atoms. The van der Waals surface area contributed by atoms with Gasteiger partial charge in [0.1, 0.15) is 11.9 Å². The van der Waals surface area contributed by atoms with E-state index in [9.17, 15) is 14.6 Å². The van der Waals surface area contributed by atoms with Crippen LogP contribution in [-0.4, -0.2) is 42.0 Å². The monoisotopic (exact) mass is 244 g/mol. The lowest BCUT2D eigenvalue weighted by molar-refractivity contribution is 0.0122. The number of rotatable bonds is 6. The summed E-state index contributed by atoms with van der Waals surface area (Å²) in [4.78, 5) is 3.70. The topological polar surface area (TPSA) is 74.6 Å². The Morgan fingerprint density at radius 2 is 2.24 bits per heavy atom. The van der Waals surface area contributed by atoms with Crippen LogP contribution in [0.5, 0.6) is 5.88 Å². The van der Waals surface area contributed by atoms with Crippen LogP contribution in [0.4, 0.5) is 4.39 Å². The molecule has 0 bridgehead atoms. The van der Waals surface area contributed by atoms with E-state index in [2.05, 4.69) is 10.3 Å². The molecule has 0 aromatic carbocycles. The minimum absolute atomic E-state index is 0.113. The van der Waals surface area contributed by atoms with Gasteiger partial charge in [0.25, 0.3) is 0 Å². The normalized spacial score (nSPS) is 14.4. The van der Waals surface area contributed by atoms with Crippen molar-refractivity contribution >= 4 is 0 Å². The van der Waals surface area contributed by atoms with Crippen LogP contribution in [0.2, 0.25) is 0 Å². The Bertz CT molecular complexity index is 363. The van der Waals surface area contributed by atoms with Gasteiger partial charge >= 0.3 is 0 Å².